The van der Waals surface area contributed by atoms with Gasteiger partial charge >= 0.3 is 5.97 Å². The van der Waals surface area contributed by atoms with Crippen molar-refractivity contribution in [3.05, 3.63) is 59.1 Å². The molecule has 0 aliphatic carbocycles. The lowest BCUT2D eigenvalue weighted by atomic mass is 10.2. The number of hydrogen-bond acceptors (Lipinski definition) is 4. The summed E-state index contributed by atoms with van der Waals surface area (Å²) in [6.07, 6.45) is 0. The largest absolute Gasteiger partial charge is 0.465 e. The Hall–Kier alpha value is -2.53. The smallest absolute Gasteiger partial charge is 0.337 e. The lowest BCUT2D eigenvalue weighted by Crippen LogP contribution is -2.22. The predicted molar refractivity (Wildman–Crippen MR) is 86.4 cm³/mol. The third-order valence-electron chi connectivity index (χ3n) is 2.88. The molecule has 2 aromatic rings. The van der Waals surface area contributed by atoms with E-state index in [0.717, 1.165) is 0 Å². The van der Waals surface area contributed by atoms with Crippen LogP contribution in [0.4, 0.5) is 11.4 Å². The summed E-state index contributed by atoms with van der Waals surface area (Å²) in [4.78, 5) is 23.3. The van der Waals surface area contributed by atoms with E-state index in [1.54, 1.807) is 48.5 Å². The summed E-state index contributed by atoms with van der Waals surface area (Å²) in [5.74, 6) is -0.666. The Labute approximate surface area is 133 Å². The molecule has 0 unspecified atom stereocenters. The molecule has 2 rings (SSSR count). The van der Waals surface area contributed by atoms with Crippen LogP contribution in [-0.4, -0.2) is 25.5 Å². The van der Waals surface area contributed by atoms with Crippen LogP contribution in [0.1, 0.15) is 10.4 Å². The Morgan fingerprint density at radius 2 is 1.91 bits per heavy atom. The highest BCUT2D eigenvalue weighted by Gasteiger charge is 2.07. The molecular formula is C16H15ClN2O3. The van der Waals surface area contributed by atoms with E-state index in [9.17, 15) is 9.59 Å². The number of para-hydroxylation sites is 1. The minimum Gasteiger partial charge on any atom is -0.465 e. The summed E-state index contributed by atoms with van der Waals surface area (Å²) in [7, 11) is 1.32. The summed E-state index contributed by atoms with van der Waals surface area (Å²) in [6, 6.07) is 13.7. The van der Waals surface area contributed by atoms with Crippen molar-refractivity contribution >= 4 is 34.9 Å². The van der Waals surface area contributed by atoms with Gasteiger partial charge in [-0.15, -0.1) is 0 Å². The molecule has 0 bridgehead atoms. The van der Waals surface area contributed by atoms with E-state index in [-0.39, 0.29) is 12.5 Å². The summed E-state index contributed by atoms with van der Waals surface area (Å²) in [5, 5.41) is 6.12. The van der Waals surface area contributed by atoms with Crippen LogP contribution in [-0.2, 0) is 9.53 Å². The topological polar surface area (TPSA) is 67.4 Å². The standard InChI is InChI=1S/C16H15ClN2O3/c1-22-16(21)11-5-4-6-12(9-11)18-10-15(20)19-14-8-3-2-7-13(14)17/h2-9,18H,10H2,1H3,(H,19,20). The number of anilines is 2. The van der Waals surface area contributed by atoms with Crippen LogP contribution in [0.5, 0.6) is 0 Å². The van der Waals surface area contributed by atoms with Gasteiger partial charge in [0, 0.05) is 5.69 Å². The molecule has 114 valence electrons. The van der Waals surface area contributed by atoms with Crippen LogP contribution < -0.4 is 10.6 Å². The number of ether oxygens (including phenoxy) is 1. The van der Waals surface area contributed by atoms with E-state index in [4.69, 9.17) is 11.6 Å². The first-order valence-electron chi connectivity index (χ1n) is 6.57. The molecule has 0 aliphatic rings. The number of methoxy groups -OCH3 is 1. The maximum absolute atomic E-state index is 11.9. The van der Waals surface area contributed by atoms with Crippen molar-refractivity contribution < 1.29 is 14.3 Å². The summed E-state index contributed by atoms with van der Waals surface area (Å²) < 4.78 is 4.65. The predicted octanol–water partition coefficient (Wildman–Crippen LogP) is 3.18. The number of rotatable bonds is 5. The highest BCUT2D eigenvalue weighted by molar-refractivity contribution is 6.33. The third kappa shape index (κ3) is 4.23. The SMILES string of the molecule is COC(=O)c1cccc(NCC(=O)Nc2ccccc2Cl)c1. The Morgan fingerprint density at radius 3 is 2.64 bits per heavy atom. The molecule has 1 amide bonds. The van der Waals surface area contributed by atoms with E-state index in [1.807, 2.05) is 0 Å². The average molecular weight is 319 g/mol. The first-order valence-corrected chi connectivity index (χ1v) is 6.94. The summed E-state index contributed by atoms with van der Waals surface area (Å²) in [5.41, 5.74) is 1.62. The van der Waals surface area contributed by atoms with Gasteiger partial charge in [-0.25, -0.2) is 4.79 Å². The monoisotopic (exact) mass is 318 g/mol. The van der Waals surface area contributed by atoms with Crippen LogP contribution in [0.15, 0.2) is 48.5 Å². The normalized spacial score (nSPS) is 9.91. The fraction of sp³-hybridized carbons (Fsp3) is 0.125. The molecule has 2 aromatic carbocycles. The van der Waals surface area contributed by atoms with Crippen LogP contribution >= 0.6 is 11.6 Å². The van der Waals surface area contributed by atoms with Crippen LogP contribution in [0.3, 0.4) is 0 Å². The number of esters is 1. The molecule has 6 heteroatoms. The molecule has 0 atom stereocenters. The van der Waals surface area contributed by atoms with Crippen molar-refractivity contribution in [3.8, 4) is 0 Å². The maximum atomic E-state index is 11.9. The lowest BCUT2D eigenvalue weighted by Gasteiger charge is -2.09. The van der Waals surface area contributed by atoms with Crippen LogP contribution in [0.2, 0.25) is 5.02 Å². The van der Waals surface area contributed by atoms with Crippen LogP contribution in [0.25, 0.3) is 0 Å². The Kier molecular flexibility index (Phi) is 5.38. The van der Waals surface area contributed by atoms with Crippen molar-refractivity contribution in [2.24, 2.45) is 0 Å². The molecule has 0 aliphatic heterocycles. The molecule has 0 fully saturated rings. The number of carbonyl (C=O) groups is 2. The van der Waals surface area contributed by atoms with Gasteiger partial charge in [0.05, 0.1) is 29.9 Å². The number of hydrogen-bond donors (Lipinski definition) is 2. The minimum atomic E-state index is -0.427. The van der Waals surface area contributed by atoms with Crippen molar-refractivity contribution in [1.29, 1.82) is 0 Å². The second kappa shape index (κ2) is 7.47. The maximum Gasteiger partial charge on any atom is 0.337 e. The molecule has 0 radical (unpaired) electrons. The highest BCUT2D eigenvalue weighted by Crippen LogP contribution is 2.20. The average Bonchev–Trinajstić information content (AvgIpc) is 2.54. The molecule has 5 nitrogen and oxygen atoms in total. The second-order valence-electron chi connectivity index (χ2n) is 4.45. The Bertz CT molecular complexity index is 689. The zero-order valence-electron chi connectivity index (χ0n) is 11.9. The van der Waals surface area contributed by atoms with E-state index in [2.05, 4.69) is 15.4 Å². The first kappa shape index (κ1) is 15.9. The number of nitrogens with one attached hydrogen (secondary N) is 2. The number of carbonyl (C=O) groups excluding carboxylic acids is 2. The molecule has 2 N–H and O–H groups in total. The first-order chi connectivity index (χ1) is 10.6. The fourth-order valence-electron chi connectivity index (χ4n) is 1.81. The number of benzene rings is 2. The van der Waals surface area contributed by atoms with Gasteiger partial charge in [0.15, 0.2) is 0 Å². The number of amides is 1. The third-order valence-corrected chi connectivity index (χ3v) is 3.21. The van der Waals surface area contributed by atoms with Gasteiger partial charge in [0.25, 0.3) is 0 Å². The Morgan fingerprint density at radius 1 is 1.14 bits per heavy atom. The number of halogens is 1. The molecule has 0 saturated heterocycles. The van der Waals surface area contributed by atoms with Crippen molar-refractivity contribution in [2.75, 3.05) is 24.3 Å². The van der Waals surface area contributed by atoms with E-state index >= 15 is 0 Å². The van der Waals surface area contributed by atoms with Gasteiger partial charge in [-0.3, -0.25) is 4.79 Å². The van der Waals surface area contributed by atoms with Crippen molar-refractivity contribution in [3.63, 3.8) is 0 Å². The minimum absolute atomic E-state index is 0.0514. The summed E-state index contributed by atoms with van der Waals surface area (Å²) in [6.45, 7) is 0.0514. The quantitative estimate of drug-likeness (QED) is 0.831. The molecule has 0 aromatic heterocycles. The van der Waals surface area contributed by atoms with Gasteiger partial charge in [0.1, 0.15) is 0 Å². The molecule has 0 heterocycles. The Balaban J connectivity index is 1.94. The molecule has 0 spiro atoms. The van der Waals surface area contributed by atoms with Gasteiger partial charge in [-0.1, -0.05) is 29.8 Å². The van der Waals surface area contributed by atoms with Crippen molar-refractivity contribution in [1.82, 2.24) is 0 Å². The van der Waals surface area contributed by atoms with E-state index < -0.39 is 5.97 Å². The highest BCUT2D eigenvalue weighted by atomic mass is 35.5. The van der Waals surface area contributed by atoms with Crippen LogP contribution in [0, 0.1) is 0 Å². The van der Waals surface area contributed by atoms with Crippen molar-refractivity contribution in [2.45, 2.75) is 0 Å². The van der Waals surface area contributed by atoms with E-state index in [0.29, 0.717) is 22.0 Å². The van der Waals surface area contributed by atoms with Gasteiger partial charge in [0.2, 0.25) is 5.91 Å². The zero-order valence-corrected chi connectivity index (χ0v) is 12.7. The molecular weight excluding hydrogens is 304 g/mol. The zero-order chi connectivity index (χ0) is 15.9. The van der Waals surface area contributed by atoms with Gasteiger partial charge in [-0.05, 0) is 30.3 Å². The van der Waals surface area contributed by atoms with Gasteiger partial charge in [-0.2, -0.15) is 0 Å². The van der Waals surface area contributed by atoms with E-state index in [1.165, 1.54) is 7.11 Å². The van der Waals surface area contributed by atoms with Gasteiger partial charge < -0.3 is 15.4 Å². The molecule has 22 heavy (non-hydrogen) atoms. The lowest BCUT2D eigenvalue weighted by molar-refractivity contribution is -0.114. The summed E-state index contributed by atoms with van der Waals surface area (Å²) >= 11 is 5.97. The second-order valence-corrected chi connectivity index (χ2v) is 4.86. The molecule has 0 saturated carbocycles. The fourth-order valence-corrected chi connectivity index (χ4v) is 2.00.